The van der Waals surface area contributed by atoms with Gasteiger partial charge in [0.2, 0.25) is 0 Å². The smallest absolute Gasteiger partial charge is 0.161 e. The van der Waals surface area contributed by atoms with E-state index in [1.807, 2.05) is 6.07 Å². The number of ketones is 1. The Balaban J connectivity index is 2.30. The fourth-order valence-electron chi connectivity index (χ4n) is 2.98. The van der Waals surface area contributed by atoms with Gasteiger partial charge in [-0.3, -0.25) is 4.79 Å². The Morgan fingerprint density at radius 2 is 2.20 bits per heavy atom. The van der Waals surface area contributed by atoms with Crippen molar-refractivity contribution in [1.82, 2.24) is 0 Å². The first-order chi connectivity index (χ1) is 9.65. The summed E-state index contributed by atoms with van der Waals surface area (Å²) in [5.74, 6) is 0.862. The number of hydrogen-bond acceptors (Lipinski definition) is 3. The van der Waals surface area contributed by atoms with Crippen LogP contribution in [0.3, 0.4) is 0 Å². The average Bonchev–Trinajstić information content (AvgIpc) is 2.71. The van der Waals surface area contributed by atoms with Gasteiger partial charge in [-0.15, -0.1) is 0 Å². The van der Waals surface area contributed by atoms with Crippen molar-refractivity contribution < 1.29 is 4.79 Å². The molecule has 1 aromatic rings. The predicted molar refractivity (Wildman–Crippen MR) is 81.0 cm³/mol. The first-order valence-corrected chi connectivity index (χ1v) is 7.45. The van der Waals surface area contributed by atoms with Gasteiger partial charge < -0.3 is 4.90 Å². The second-order valence-corrected chi connectivity index (χ2v) is 5.59. The molecule has 0 saturated carbocycles. The van der Waals surface area contributed by atoms with E-state index in [9.17, 15) is 4.79 Å². The van der Waals surface area contributed by atoms with Gasteiger partial charge in [0.15, 0.2) is 5.78 Å². The van der Waals surface area contributed by atoms with Crippen LogP contribution in [0.1, 0.15) is 55.5 Å². The molecule has 3 heteroatoms. The van der Waals surface area contributed by atoms with E-state index in [-0.39, 0.29) is 5.78 Å². The molecule has 1 aliphatic heterocycles. The third kappa shape index (κ3) is 3.19. The van der Waals surface area contributed by atoms with E-state index in [1.165, 1.54) is 19.3 Å². The van der Waals surface area contributed by atoms with E-state index in [4.69, 9.17) is 5.26 Å². The second kappa shape index (κ2) is 6.56. The molecule has 1 saturated heterocycles. The van der Waals surface area contributed by atoms with Crippen LogP contribution in [0.5, 0.6) is 0 Å². The predicted octanol–water partition coefficient (Wildman–Crippen LogP) is 3.78. The van der Waals surface area contributed by atoms with E-state index < -0.39 is 0 Å². The number of Topliss-reactive ketones (excluding diaryl/α,β-unsaturated/α-hetero) is 1. The highest BCUT2D eigenvalue weighted by Gasteiger charge is 2.19. The molecule has 0 spiro atoms. The molecule has 0 radical (unpaired) electrons. The monoisotopic (exact) mass is 270 g/mol. The van der Waals surface area contributed by atoms with E-state index in [1.54, 1.807) is 19.1 Å². The van der Waals surface area contributed by atoms with Crippen LogP contribution in [0, 0.1) is 17.2 Å². The van der Waals surface area contributed by atoms with Crippen molar-refractivity contribution in [3.63, 3.8) is 0 Å². The lowest BCUT2D eigenvalue weighted by Gasteiger charge is -2.25. The lowest BCUT2D eigenvalue weighted by Crippen LogP contribution is -2.26. The number of rotatable bonds is 3. The molecule has 0 amide bonds. The van der Waals surface area contributed by atoms with Gasteiger partial charge in [0.25, 0.3) is 0 Å². The molecule has 1 heterocycles. The summed E-state index contributed by atoms with van der Waals surface area (Å²) < 4.78 is 0. The van der Waals surface area contributed by atoms with Crippen molar-refractivity contribution >= 4 is 11.5 Å². The number of nitriles is 1. The summed E-state index contributed by atoms with van der Waals surface area (Å²) in [4.78, 5) is 14.1. The molecule has 1 unspecified atom stereocenters. The van der Waals surface area contributed by atoms with Crippen molar-refractivity contribution in [3.05, 3.63) is 29.3 Å². The third-order valence-corrected chi connectivity index (χ3v) is 4.27. The van der Waals surface area contributed by atoms with Gasteiger partial charge in [-0.25, -0.2) is 0 Å². The van der Waals surface area contributed by atoms with Crippen molar-refractivity contribution in [3.8, 4) is 6.07 Å². The normalized spacial score (nSPS) is 19.2. The SMILES string of the molecule is CCC1CCCN(c2cc(C#N)ccc2C(C)=O)CC1. The Morgan fingerprint density at radius 1 is 1.40 bits per heavy atom. The molecule has 2 rings (SSSR count). The summed E-state index contributed by atoms with van der Waals surface area (Å²) in [6.45, 7) is 5.80. The minimum atomic E-state index is 0.0702. The highest BCUT2D eigenvalue weighted by atomic mass is 16.1. The van der Waals surface area contributed by atoms with Gasteiger partial charge in [-0.2, -0.15) is 5.26 Å². The zero-order valence-corrected chi connectivity index (χ0v) is 12.4. The minimum Gasteiger partial charge on any atom is -0.371 e. The van der Waals surface area contributed by atoms with Gasteiger partial charge in [-0.1, -0.05) is 13.3 Å². The quantitative estimate of drug-likeness (QED) is 0.785. The average molecular weight is 270 g/mol. The van der Waals surface area contributed by atoms with Crippen molar-refractivity contribution in [2.45, 2.75) is 39.5 Å². The zero-order valence-electron chi connectivity index (χ0n) is 12.4. The number of carbonyl (C=O) groups is 1. The molecule has 1 fully saturated rings. The maximum absolute atomic E-state index is 11.8. The largest absolute Gasteiger partial charge is 0.371 e. The molecule has 1 aliphatic rings. The molecular formula is C17H22N2O. The number of carbonyl (C=O) groups excluding carboxylic acids is 1. The van der Waals surface area contributed by atoms with Crippen molar-refractivity contribution in [2.75, 3.05) is 18.0 Å². The van der Waals surface area contributed by atoms with Crippen LogP contribution < -0.4 is 4.90 Å². The van der Waals surface area contributed by atoms with Gasteiger partial charge in [-0.05, 0) is 50.3 Å². The first-order valence-electron chi connectivity index (χ1n) is 7.45. The Labute approximate surface area is 121 Å². The Hall–Kier alpha value is -1.82. The van der Waals surface area contributed by atoms with Crippen molar-refractivity contribution in [2.24, 2.45) is 5.92 Å². The van der Waals surface area contributed by atoms with Crippen LogP contribution in [0.25, 0.3) is 0 Å². The summed E-state index contributed by atoms with van der Waals surface area (Å²) in [5, 5.41) is 9.07. The Kier molecular flexibility index (Phi) is 4.79. The molecule has 106 valence electrons. The molecule has 1 aromatic carbocycles. The summed E-state index contributed by atoms with van der Waals surface area (Å²) in [6.07, 6.45) is 4.82. The summed E-state index contributed by atoms with van der Waals surface area (Å²) >= 11 is 0. The molecule has 0 bridgehead atoms. The number of benzene rings is 1. The fourth-order valence-corrected chi connectivity index (χ4v) is 2.98. The maximum Gasteiger partial charge on any atom is 0.161 e. The van der Waals surface area contributed by atoms with E-state index in [2.05, 4.69) is 17.9 Å². The highest BCUT2D eigenvalue weighted by Crippen LogP contribution is 2.28. The van der Waals surface area contributed by atoms with Gasteiger partial charge in [0.05, 0.1) is 11.6 Å². The lowest BCUT2D eigenvalue weighted by atomic mass is 9.98. The van der Waals surface area contributed by atoms with E-state index in [0.29, 0.717) is 5.56 Å². The van der Waals surface area contributed by atoms with Gasteiger partial charge >= 0.3 is 0 Å². The summed E-state index contributed by atoms with van der Waals surface area (Å²) in [6, 6.07) is 7.55. The summed E-state index contributed by atoms with van der Waals surface area (Å²) in [7, 11) is 0. The fraction of sp³-hybridized carbons (Fsp3) is 0.529. The standard InChI is InChI=1S/C17H22N2O/c1-3-14-5-4-9-19(10-8-14)17-11-15(12-18)6-7-16(17)13(2)20/h6-7,11,14H,3-5,8-10H2,1-2H3. The first kappa shape index (κ1) is 14.6. The molecule has 0 aromatic heterocycles. The van der Waals surface area contributed by atoms with Crippen LogP contribution in [-0.4, -0.2) is 18.9 Å². The molecule has 0 N–H and O–H groups in total. The minimum absolute atomic E-state index is 0.0702. The molecule has 0 aliphatic carbocycles. The van der Waals surface area contributed by atoms with Crippen LogP contribution >= 0.6 is 0 Å². The number of nitrogens with zero attached hydrogens (tertiary/aromatic N) is 2. The highest BCUT2D eigenvalue weighted by molar-refractivity contribution is 6.00. The molecule has 3 nitrogen and oxygen atoms in total. The van der Waals surface area contributed by atoms with E-state index >= 15 is 0 Å². The third-order valence-electron chi connectivity index (χ3n) is 4.27. The molecular weight excluding hydrogens is 248 g/mol. The number of hydrogen-bond donors (Lipinski definition) is 0. The second-order valence-electron chi connectivity index (χ2n) is 5.59. The topological polar surface area (TPSA) is 44.1 Å². The zero-order chi connectivity index (χ0) is 14.5. The van der Waals surface area contributed by atoms with Crippen molar-refractivity contribution in [1.29, 1.82) is 5.26 Å². The molecule has 1 atom stereocenters. The van der Waals surface area contributed by atoms with Crippen LogP contribution in [0.4, 0.5) is 5.69 Å². The van der Waals surface area contributed by atoms with E-state index in [0.717, 1.165) is 36.7 Å². The van der Waals surface area contributed by atoms with Gasteiger partial charge in [0, 0.05) is 24.3 Å². The van der Waals surface area contributed by atoms with Crippen LogP contribution in [-0.2, 0) is 0 Å². The molecule has 20 heavy (non-hydrogen) atoms. The Bertz CT molecular complexity index is 530. The lowest BCUT2D eigenvalue weighted by molar-refractivity contribution is 0.101. The summed E-state index contributed by atoms with van der Waals surface area (Å²) in [5.41, 5.74) is 2.30. The van der Waals surface area contributed by atoms with Crippen LogP contribution in [0.15, 0.2) is 18.2 Å². The number of anilines is 1. The maximum atomic E-state index is 11.8. The Morgan fingerprint density at radius 3 is 2.85 bits per heavy atom. The van der Waals surface area contributed by atoms with Crippen LogP contribution in [0.2, 0.25) is 0 Å². The van der Waals surface area contributed by atoms with Gasteiger partial charge in [0.1, 0.15) is 0 Å².